The summed E-state index contributed by atoms with van der Waals surface area (Å²) >= 11 is 0. The third kappa shape index (κ3) is 29.0. The van der Waals surface area contributed by atoms with Crippen molar-refractivity contribution in [2.24, 2.45) is 0 Å². The number of carbonyl (C=O) groups excluding carboxylic acids is 2. The van der Waals surface area contributed by atoms with E-state index < -0.39 is 26.9 Å². The van der Waals surface area contributed by atoms with Crippen molar-refractivity contribution in [1.29, 1.82) is 0 Å². The first-order chi connectivity index (χ1) is 20.0. The molecule has 0 spiro atoms. The monoisotopic (exact) mass is 620 g/mol. The molecule has 0 saturated heterocycles. The second kappa shape index (κ2) is 26.3. The fraction of sp³-hybridized carbons (Fsp3) is 0.875. The summed E-state index contributed by atoms with van der Waals surface area (Å²) in [6.07, 6.45) is 21.5. The smallest absolute Gasteiger partial charge is 0.377 e. The van der Waals surface area contributed by atoms with E-state index in [-0.39, 0.29) is 32.0 Å². The molecule has 0 radical (unpaired) electrons. The fourth-order valence-electron chi connectivity index (χ4n) is 4.12. The molecule has 0 heterocycles. The zero-order valence-corrected chi connectivity index (χ0v) is 28.4. The van der Waals surface area contributed by atoms with E-state index in [2.05, 4.69) is 26.0 Å². The third-order valence-corrected chi connectivity index (χ3v) is 7.78. The van der Waals surface area contributed by atoms with Gasteiger partial charge < -0.3 is 18.9 Å². The number of unbranched alkanes of at least 4 members (excludes halogenated alkanes) is 13. The summed E-state index contributed by atoms with van der Waals surface area (Å²) in [6.45, 7) is 4.27. The van der Waals surface area contributed by atoms with E-state index in [1.165, 1.54) is 32.1 Å². The SMILES string of the molecule is CCCCCC/C=C\CCCCCCCC(=O)O[C@H](COC(=O)CCCCCCC)CO[P+]([O-])(O)OCC[N+](C)(C)C. The van der Waals surface area contributed by atoms with Crippen LogP contribution in [0.2, 0.25) is 0 Å². The van der Waals surface area contributed by atoms with E-state index in [9.17, 15) is 19.4 Å². The zero-order chi connectivity index (χ0) is 31.5. The Morgan fingerprint density at radius 1 is 0.738 bits per heavy atom. The van der Waals surface area contributed by atoms with Gasteiger partial charge in [-0.3, -0.25) is 9.59 Å². The van der Waals surface area contributed by atoms with Crippen LogP contribution in [-0.2, 0) is 28.1 Å². The standard InChI is InChI=1S/C32H62NO8P/c1-6-8-10-12-13-14-15-16-17-18-19-21-23-25-32(35)41-30(28-38-31(34)24-22-20-11-9-7-2)29-40-42(36,37)39-27-26-33(3,4)5/h14-15,30H,6-13,16-29H2,1-5H3/p+1/b15-14-/t30-/m1/s1. The first kappa shape index (κ1) is 40.9. The highest BCUT2D eigenvalue weighted by Crippen LogP contribution is 2.47. The summed E-state index contributed by atoms with van der Waals surface area (Å²) < 4.78 is 21.5. The summed E-state index contributed by atoms with van der Waals surface area (Å²) in [7, 11) is 1.47. The number of phosphoric ester groups is 1. The van der Waals surface area contributed by atoms with Gasteiger partial charge in [0, 0.05) is 12.8 Å². The van der Waals surface area contributed by atoms with Crippen LogP contribution in [0.25, 0.3) is 0 Å². The van der Waals surface area contributed by atoms with E-state index in [4.69, 9.17) is 18.5 Å². The lowest BCUT2D eigenvalue weighted by Gasteiger charge is -2.26. The molecule has 0 aliphatic rings. The van der Waals surface area contributed by atoms with Gasteiger partial charge in [0.1, 0.15) is 26.4 Å². The number of ether oxygens (including phenoxy) is 2. The van der Waals surface area contributed by atoms with Crippen LogP contribution in [0.3, 0.4) is 0 Å². The molecule has 0 aromatic heterocycles. The minimum atomic E-state index is -4.35. The number of likely N-dealkylation sites (N-methyl/N-ethyl adjacent to an activating group) is 1. The Labute approximate surface area is 257 Å². The average Bonchev–Trinajstić information content (AvgIpc) is 2.91. The van der Waals surface area contributed by atoms with Gasteiger partial charge in [-0.2, -0.15) is 13.9 Å². The largest absolute Gasteiger partial charge is 0.606 e. The molecule has 248 valence electrons. The van der Waals surface area contributed by atoms with Crippen LogP contribution < -0.4 is 4.89 Å². The fourth-order valence-corrected chi connectivity index (χ4v) is 4.86. The molecule has 0 rings (SSSR count). The molecule has 0 aliphatic heterocycles. The maximum absolute atomic E-state index is 12.5. The predicted molar refractivity (Wildman–Crippen MR) is 168 cm³/mol. The highest BCUT2D eigenvalue weighted by molar-refractivity contribution is 7.52. The number of esters is 2. The quantitative estimate of drug-likeness (QED) is 0.0318. The molecule has 0 aromatic rings. The lowest BCUT2D eigenvalue weighted by molar-refractivity contribution is -0.870. The highest BCUT2D eigenvalue weighted by atomic mass is 31.2. The van der Waals surface area contributed by atoms with Gasteiger partial charge in [-0.25, -0.2) is 0 Å². The number of quaternary nitrogens is 1. The van der Waals surface area contributed by atoms with Gasteiger partial charge in [0.05, 0.1) is 21.1 Å². The van der Waals surface area contributed by atoms with E-state index in [0.29, 0.717) is 17.4 Å². The van der Waals surface area contributed by atoms with Crippen LogP contribution in [0.15, 0.2) is 12.2 Å². The number of nitrogens with zero attached hydrogens (tertiary/aromatic N) is 1. The zero-order valence-electron chi connectivity index (χ0n) is 27.5. The molecule has 10 heteroatoms. The molecule has 0 saturated carbocycles. The second-order valence-corrected chi connectivity index (χ2v) is 13.7. The number of allylic oxidation sites excluding steroid dienone is 2. The molecule has 1 N–H and O–H groups in total. The molecule has 0 bridgehead atoms. The van der Waals surface area contributed by atoms with Gasteiger partial charge in [0.25, 0.3) is 0 Å². The summed E-state index contributed by atoms with van der Waals surface area (Å²) in [4.78, 5) is 47.0. The van der Waals surface area contributed by atoms with Crippen LogP contribution in [0.1, 0.15) is 129 Å². The number of hydrogen-bond donors (Lipinski definition) is 1. The maximum Gasteiger partial charge on any atom is 0.377 e. The van der Waals surface area contributed by atoms with Crippen molar-refractivity contribution >= 4 is 20.1 Å². The highest BCUT2D eigenvalue weighted by Gasteiger charge is 2.31. The van der Waals surface area contributed by atoms with Gasteiger partial charge >= 0.3 is 20.1 Å². The minimum absolute atomic E-state index is 0.0318. The predicted octanol–water partition coefficient (Wildman–Crippen LogP) is 6.83. The minimum Gasteiger partial charge on any atom is -0.606 e. The summed E-state index contributed by atoms with van der Waals surface area (Å²) in [5.41, 5.74) is 0. The number of hydrogen-bond acceptors (Lipinski definition) is 8. The third-order valence-electron chi connectivity index (χ3n) is 6.80. The molecule has 1 unspecified atom stereocenters. The van der Waals surface area contributed by atoms with Crippen molar-refractivity contribution in [2.75, 3.05) is 47.5 Å². The molecular formula is C32H63NO8P+. The van der Waals surface area contributed by atoms with Crippen LogP contribution >= 0.6 is 8.17 Å². The number of rotatable bonds is 29. The normalized spacial score (nSPS) is 14.2. The summed E-state index contributed by atoms with van der Waals surface area (Å²) in [5, 5.41) is 0. The van der Waals surface area contributed by atoms with E-state index in [0.717, 1.165) is 64.2 Å². The van der Waals surface area contributed by atoms with Crippen LogP contribution in [0.5, 0.6) is 0 Å². The Morgan fingerprint density at radius 2 is 1.24 bits per heavy atom. The van der Waals surface area contributed by atoms with Crippen molar-refractivity contribution in [2.45, 2.75) is 136 Å². The Morgan fingerprint density at radius 3 is 1.81 bits per heavy atom. The van der Waals surface area contributed by atoms with Crippen molar-refractivity contribution in [3.63, 3.8) is 0 Å². The van der Waals surface area contributed by atoms with Crippen molar-refractivity contribution < 1.29 is 42.4 Å². The molecule has 0 amide bonds. The first-order valence-electron chi connectivity index (χ1n) is 16.4. The van der Waals surface area contributed by atoms with Gasteiger partial charge in [-0.15, -0.1) is 0 Å². The summed E-state index contributed by atoms with van der Waals surface area (Å²) in [6, 6.07) is 0. The van der Waals surface area contributed by atoms with E-state index in [1.807, 2.05) is 21.1 Å². The Hall–Kier alpha value is -1.09. The van der Waals surface area contributed by atoms with Crippen LogP contribution in [-0.4, -0.2) is 74.9 Å². The number of phosphoric acid groups is 1. The van der Waals surface area contributed by atoms with Gasteiger partial charge in [-0.1, -0.05) is 90.2 Å². The van der Waals surface area contributed by atoms with Crippen molar-refractivity contribution in [3.05, 3.63) is 12.2 Å². The molecule has 0 aliphatic carbocycles. The summed E-state index contributed by atoms with van der Waals surface area (Å²) in [5.74, 6) is -0.825. The molecule has 0 aromatic carbocycles. The lowest BCUT2D eigenvalue weighted by atomic mass is 10.1. The number of carbonyl (C=O) groups is 2. The molecule has 42 heavy (non-hydrogen) atoms. The van der Waals surface area contributed by atoms with Gasteiger partial charge in [0.15, 0.2) is 6.10 Å². The topological polar surface area (TPSA) is 114 Å². The maximum atomic E-state index is 12.5. The van der Waals surface area contributed by atoms with Crippen LogP contribution in [0.4, 0.5) is 0 Å². The average molecular weight is 621 g/mol. The van der Waals surface area contributed by atoms with Crippen molar-refractivity contribution in [3.8, 4) is 0 Å². The Balaban J connectivity index is 4.45. The molecular weight excluding hydrogens is 557 g/mol. The van der Waals surface area contributed by atoms with Crippen molar-refractivity contribution in [1.82, 2.24) is 0 Å². The van der Waals surface area contributed by atoms with E-state index in [1.54, 1.807) is 0 Å². The van der Waals surface area contributed by atoms with Crippen LogP contribution in [0, 0.1) is 0 Å². The van der Waals surface area contributed by atoms with Gasteiger partial charge in [0.2, 0.25) is 0 Å². The van der Waals surface area contributed by atoms with E-state index >= 15 is 0 Å². The first-order valence-corrected chi connectivity index (χ1v) is 17.9. The Bertz CT molecular complexity index is 696. The second-order valence-electron chi connectivity index (χ2n) is 12.2. The molecule has 2 atom stereocenters. The molecule has 0 fully saturated rings. The molecule has 9 nitrogen and oxygen atoms in total. The Kier molecular flexibility index (Phi) is 25.6. The lowest BCUT2D eigenvalue weighted by Crippen LogP contribution is -2.38. The van der Waals surface area contributed by atoms with Gasteiger partial charge in [-0.05, 0) is 38.5 Å².